The number of piperidine rings is 2. The molecule has 2 aromatic rings. The van der Waals surface area contributed by atoms with Gasteiger partial charge in [-0.3, -0.25) is 14.2 Å². The highest BCUT2D eigenvalue weighted by Crippen LogP contribution is 2.33. The van der Waals surface area contributed by atoms with Crippen LogP contribution < -0.4 is 4.74 Å². The lowest BCUT2D eigenvalue weighted by Gasteiger charge is -2.39. The second kappa shape index (κ2) is 14.7. The summed E-state index contributed by atoms with van der Waals surface area (Å²) >= 11 is 12.4. The van der Waals surface area contributed by atoms with Gasteiger partial charge in [-0.1, -0.05) is 53.5 Å². The zero-order valence-corrected chi connectivity index (χ0v) is 24.8. The molecule has 0 spiro atoms. The number of ether oxygens (including phenoxy) is 1. The second-order valence-electron chi connectivity index (χ2n) is 10.4. The highest BCUT2D eigenvalue weighted by molar-refractivity contribution is 7.85. The van der Waals surface area contributed by atoms with Gasteiger partial charge in [-0.25, -0.2) is 0 Å². The SMILES string of the molecule is CS(=O)(=O)O.Cc1c(OC2CCN(CC3CCN([C@@H](Cc4ccccc4)C(=O)O)CC3)CC2)ccc(Cl)c1Cl. The van der Waals surface area contributed by atoms with E-state index in [9.17, 15) is 18.3 Å². The number of hydrogen-bond donors (Lipinski definition) is 2. The first-order valence-corrected chi connectivity index (χ1v) is 15.8. The van der Waals surface area contributed by atoms with Gasteiger partial charge in [0.1, 0.15) is 17.9 Å². The fourth-order valence-electron chi connectivity index (χ4n) is 5.17. The second-order valence-corrected chi connectivity index (χ2v) is 12.6. The lowest BCUT2D eigenvalue weighted by Crippen LogP contribution is -2.48. The minimum absolute atomic E-state index is 0.198. The number of halogens is 2. The van der Waals surface area contributed by atoms with E-state index in [1.54, 1.807) is 6.07 Å². The Bertz CT molecular complexity index is 1170. The van der Waals surface area contributed by atoms with Gasteiger partial charge < -0.3 is 14.7 Å². The quantitative estimate of drug-likeness (QED) is 0.405. The third kappa shape index (κ3) is 10.6. The van der Waals surface area contributed by atoms with Crippen molar-refractivity contribution < 1.29 is 27.6 Å². The molecule has 0 aliphatic carbocycles. The van der Waals surface area contributed by atoms with E-state index < -0.39 is 22.1 Å². The summed E-state index contributed by atoms with van der Waals surface area (Å²) < 4.78 is 32.1. The van der Waals surface area contributed by atoms with Gasteiger partial charge in [-0.15, -0.1) is 0 Å². The summed E-state index contributed by atoms with van der Waals surface area (Å²) in [4.78, 5) is 16.6. The van der Waals surface area contributed by atoms with Crippen LogP contribution in [-0.2, 0) is 21.3 Å². The van der Waals surface area contributed by atoms with E-state index in [-0.39, 0.29) is 6.10 Å². The molecular weight excluding hydrogens is 563 g/mol. The molecule has 216 valence electrons. The Morgan fingerprint density at radius 1 is 1.03 bits per heavy atom. The predicted octanol–water partition coefficient (Wildman–Crippen LogP) is 5.06. The summed E-state index contributed by atoms with van der Waals surface area (Å²) in [5.74, 6) is 0.725. The molecule has 0 unspecified atom stereocenters. The normalized spacial score (nSPS) is 18.7. The third-order valence-electron chi connectivity index (χ3n) is 7.28. The fraction of sp³-hybridized carbons (Fsp3) is 0.536. The number of aliphatic carboxylic acids is 1. The Labute approximate surface area is 241 Å². The van der Waals surface area contributed by atoms with E-state index in [0.717, 1.165) is 75.3 Å². The topological polar surface area (TPSA) is 107 Å². The standard InChI is InChI=1S/C27H34Cl2N2O3.CH4O3S/c1-19-25(8-7-23(28)26(19)29)34-22-11-13-30(14-12-22)18-21-9-15-31(16-10-21)24(27(32)33)17-20-5-3-2-4-6-20;1-5(2,3)4/h2-8,21-22,24H,9-18H2,1H3,(H,32,33);1H3,(H,2,3,4)/t24-;/m0./s1. The highest BCUT2D eigenvalue weighted by Gasteiger charge is 2.31. The van der Waals surface area contributed by atoms with Gasteiger partial charge in [0.15, 0.2) is 0 Å². The molecule has 2 aliphatic rings. The highest BCUT2D eigenvalue weighted by atomic mass is 35.5. The maximum Gasteiger partial charge on any atom is 0.321 e. The van der Waals surface area contributed by atoms with Crippen LogP contribution >= 0.6 is 23.2 Å². The Hall–Kier alpha value is -1.88. The lowest BCUT2D eigenvalue weighted by molar-refractivity contribution is -0.144. The van der Waals surface area contributed by atoms with Crippen molar-refractivity contribution >= 4 is 39.3 Å². The number of carboxylic acid groups (broad SMARTS) is 1. The maximum atomic E-state index is 11.9. The molecule has 2 fully saturated rings. The average Bonchev–Trinajstić information content (AvgIpc) is 2.89. The molecule has 2 aliphatic heterocycles. The predicted molar refractivity (Wildman–Crippen MR) is 155 cm³/mol. The van der Waals surface area contributed by atoms with Crippen LogP contribution in [0.3, 0.4) is 0 Å². The van der Waals surface area contributed by atoms with Gasteiger partial charge in [-0.2, -0.15) is 8.42 Å². The zero-order valence-electron chi connectivity index (χ0n) is 22.4. The summed E-state index contributed by atoms with van der Waals surface area (Å²) in [7, 11) is -3.67. The van der Waals surface area contributed by atoms with Crippen LogP contribution in [0.1, 0.15) is 36.8 Å². The maximum absolute atomic E-state index is 11.9. The summed E-state index contributed by atoms with van der Waals surface area (Å²) in [6.45, 7) is 6.78. The number of nitrogens with zero attached hydrogens (tertiary/aromatic N) is 2. The van der Waals surface area contributed by atoms with Crippen molar-refractivity contribution in [2.75, 3.05) is 39.0 Å². The summed E-state index contributed by atoms with van der Waals surface area (Å²) in [5.41, 5.74) is 1.98. The van der Waals surface area contributed by atoms with E-state index in [0.29, 0.717) is 28.6 Å². The van der Waals surface area contributed by atoms with Crippen molar-refractivity contribution in [1.29, 1.82) is 0 Å². The van der Waals surface area contributed by atoms with Gasteiger partial charge in [0.05, 0.1) is 16.3 Å². The van der Waals surface area contributed by atoms with Crippen molar-refractivity contribution in [3.8, 4) is 5.75 Å². The van der Waals surface area contributed by atoms with Crippen LogP contribution in [0.2, 0.25) is 10.0 Å². The van der Waals surface area contributed by atoms with Crippen LogP contribution in [0.15, 0.2) is 42.5 Å². The average molecular weight is 602 g/mol. The molecule has 0 radical (unpaired) electrons. The van der Waals surface area contributed by atoms with Crippen molar-refractivity contribution in [1.82, 2.24) is 9.80 Å². The van der Waals surface area contributed by atoms with Crippen molar-refractivity contribution in [3.63, 3.8) is 0 Å². The molecule has 0 bridgehead atoms. The van der Waals surface area contributed by atoms with Crippen LogP contribution in [0, 0.1) is 12.8 Å². The number of hydrogen-bond acceptors (Lipinski definition) is 6. The van der Waals surface area contributed by atoms with Gasteiger partial charge in [-0.05, 0) is 75.7 Å². The first kappa shape index (κ1) is 31.6. The van der Waals surface area contributed by atoms with Crippen molar-refractivity contribution in [2.45, 2.75) is 51.2 Å². The van der Waals surface area contributed by atoms with Gasteiger partial charge >= 0.3 is 5.97 Å². The minimum Gasteiger partial charge on any atom is -0.490 e. The monoisotopic (exact) mass is 600 g/mol. The Morgan fingerprint density at radius 3 is 2.18 bits per heavy atom. The summed E-state index contributed by atoms with van der Waals surface area (Å²) in [6.07, 6.45) is 5.57. The molecule has 2 aromatic carbocycles. The number of benzene rings is 2. The van der Waals surface area contributed by atoms with Crippen LogP contribution in [0.4, 0.5) is 0 Å². The van der Waals surface area contributed by atoms with E-state index in [2.05, 4.69) is 9.80 Å². The largest absolute Gasteiger partial charge is 0.490 e. The number of rotatable bonds is 8. The Kier molecular flexibility index (Phi) is 11.9. The molecule has 8 nitrogen and oxygen atoms in total. The molecule has 2 saturated heterocycles. The molecule has 0 aromatic heterocycles. The molecule has 1 atom stereocenters. The molecular formula is C28H38Cl2N2O6S. The summed E-state index contributed by atoms with van der Waals surface area (Å²) in [6, 6.07) is 13.2. The van der Waals surface area contributed by atoms with E-state index in [4.69, 9.17) is 32.5 Å². The smallest absolute Gasteiger partial charge is 0.321 e. The van der Waals surface area contributed by atoms with E-state index in [1.165, 1.54) is 0 Å². The first-order chi connectivity index (χ1) is 18.4. The summed E-state index contributed by atoms with van der Waals surface area (Å²) in [5, 5.41) is 10.9. The Balaban J connectivity index is 0.000000771. The molecule has 11 heteroatoms. The molecule has 2 N–H and O–H groups in total. The van der Waals surface area contributed by atoms with Gasteiger partial charge in [0.2, 0.25) is 0 Å². The van der Waals surface area contributed by atoms with Crippen molar-refractivity contribution in [3.05, 3.63) is 63.6 Å². The molecule has 39 heavy (non-hydrogen) atoms. The van der Waals surface area contributed by atoms with Gasteiger partial charge in [0, 0.05) is 25.2 Å². The minimum atomic E-state index is -3.67. The third-order valence-corrected chi connectivity index (χ3v) is 8.18. The fourth-order valence-corrected chi connectivity index (χ4v) is 5.53. The van der Waals surface area contributed by atoms with Crippen LogP contribution in [-0.4, -0.2) is 85.0 Å². The number of carboxylic acids is 1. The zero-order chi connectivity index (χ0) is 28.6. The molecule has 4 rings (SSSR count). The number of likely N-dealkylation sites (tertiary alicyclic amines) is 2. The first-order valence-electron chi connectivity index (χ1n) is 13.2. The molecule has 2 heterocycles. The van der Waals surface area contributed by atoms with Gasteiger partial charge in [0.25, 0.3) is 10.1 Å². The van der Waals surface area contributed by atoms with E-state index in [1.807, 2.05) is 43.3 Å². The van der Waals surface area contributed by atoms with E-state index >= 15 is 0 Å². The van der Waals surface area contributed by atoms with Crippen LogP contribution in [0.25, 0.3) is 0 Å². The molecule has 0 saturated carbocycles. The lowest BCUT2D eigenvalue weighted by atomic mass is 9.93. The number of carbonyl (C=O) groups is 1. The van der Waals surface area contributed by atoms with Crippen LogP contribution in [0.5, 0.6) is 5.75 Å². The Morgan fingerprint density at radius 2 is 1.62 bits per heavy atom. The molecule has 0 amide bonds. The van der Waals surface area contributed by atoms with Crippen molar-refractivity contribution in [2.24, 2.45) is 5.92 Å².